The van der Waals surface area contributed by atoms with Gasteiger partial charge < -0.3 is 10.5 Å². The third-order valence-corrected chi connectivity index (χ3v) is 3.34. The Morgan fingerprint density at radius 3 is 1.79 bits per heavy atom. The molecule has 0 aliphatic heterocycles. The highest BCUT2D eigenvalue weighted by Crippen LogP contribution is 2.32. The molecule has 0 unspecified atom stereocenters. The minimum absolute atomic E-state index is 0.252. The van der Waals surface area contributed by atoms with Gasteiger partial charge in [-0.3, -0.25) is 5.41 Å². The number of benzene rings is 2. The molecule has 0 fully saturated rings. The molecule has 0 saturated carbocycles. The lowest BCUT2D eigenvalue weighted by Gasteiger charge is -2.30. The van der Waals surface area contributed by atoms with Gasteiger partial charge >= 0.3 is 0 Å². The van der Waals surface area contributed by atoms with Gasteiger partial charge in [-0.05, 0) is 18.1 Å². The maximum absolute atomic E-state index is 7.25. The van der Waals surface area contributed by atoms with E-state index in [0.29, 0.717) is 6.61 Å². The first-order chi connectivity index (χ1) is 9.13. The summed E-state index contributed by atoms with van der Waals surface area (Å²) >= 11 is 0. The Morgan fingerprint density at radius 1 is 1.00 bits per heavy atom. The molecule has 0 heterocycles. The maximum Gasteiger partial charge on any atom is 0.279 e. The quantitative estimate of drug-likeness (QED) is 0.651. The van der Waals surface area contributed by atoms with Gasteiger partial charge in [-0.15, -0.1) is 0 Å². The van der Waals surface area contributed by atoms with Crippen LogP contribution in [0.4, 0.5) is 0 Å². The maximum atomic E-state index is 7.25. The van der Waals surface area contributed by atoms with Crippen LogP contribution >= 0.6 is 0 Å². The van der Waals surface area contributed by atoms with Crippen molar-refractivity contribution in [2.24, 2.45) is 5.73 Å². The summed E-state index contributed by atoms with van der Waals surface area (Å²) in [4.78, 5) is 0. The van der Waals surface area contributed by atoms with E-state index in [1.165, 1.54) is 0 Å². The Balaban J connectivity index is 2.41. The van der Waals surface area contributed by atoms with Crippen molar-refractivity contribution in [2.75, 3.05) is 6.61 Å². The van der Waals surface area contributed by atoms with E-state index in [1.807, 2.05) is 36.4 Å². The van der Waals surface area contributed by atoms with Crippen molar-refractivity contribution in [1.82, 2.24) is 0 Å². The Bertz CT molecular complexity index is 498. The van der Waals surface area contributed by atoms with Crippen molar-refractivity contribution in [2.45, 2.75) is 12.3 Å². The predicted octanol–water partition coefficient (Wildman–Crippen LogP) is 2.90. The summed E-state index contributed by atoms with van der Waals surface area (Å²) in [5.74, 6) is 0. The van der Waals surface area contributed by atoms with Crippen LogP contribution in [-0.2, 0) is 10.2 Å². The summed E-state index contributed by atoms with van der Waals surface area (Å²) in [5, 5.41) is 7.25. The van der Waals surface area contributed by atoms with Crippen LogP contribution in [0, 0.1) is 5.41 Å². The Hall–Kier alpha value is -2.29. The summed E-state index contributed by atoms with van der Waals surface area (Å²) in [6.07, 6.45) is 0. The van der Waals surface area contributed by atoms with E-state index < -0.39 is 0 Å². The fourth-order valence-electron chi connectivity index (χ4n) is 2.17. The summed E-state index contributed by atoms with van der Waals surface area (Å²) in [5.41, 5.74) is 7.27. The normalized spacial score (nSPS) is 11.0. The summed E-state index contributed by atoms with van der Waals surface area (Å²) < 4.78 is 5.28. The fourth-order valence-corrected chi connectivity index (χ4v) is 2.17. The molecule has 2 aromatic carbocycles. The first kappa shape index (κ1) is 13.1. The van der Waals surface area contributed by atoms with Crippen LogP contribution in [0.3, 0.4) is 0 Å². The van der Waals surface area contributed by atoms with Crippen molar-refractivity contribution in [3.8, 4) is 0 Å². The van der Waals surface area contributed by atoms with Gasteiger partial charge in [-0.1, -0.05) is 60.7 Å². The van der Waals surface area contributed by atoms with Gasteiger partial charge in [0, 0.05) is 0 Å². The number of rotatable bonds is 4. The minimum atomic E-state index is -0.325. The standard InChI is InChI=1S/C16H18N2O/c1-16(12-19-15(17)18,13-8-4-2-5-9-13)14-10-6-3-7-11-14/h2-11H,12H2,1H3,(H3,17,18). The van der Waals surface area contributed by atoms with Gasteiger partial charge in [0.05, 0.1) is 5.41 Å². The van der Waals surface area contributed by atoms with Crippen LogP contribution in [0.5, 0.6) is 0 Å². The molecule has 2 aromatic rings. The van der Waals surface area contributed by atoms with Crippen LogP contribution in [0.15, 0.2) is 60.7 Å². The molecule has 3 nitrogen and oxygen atoms in total. The third kappa shape index (κ3) is 2.94. The first-order valence-electron chi connectivity index (χ1n) is 6.21. The lowest BCUT2D eigenvalue weighted by Crippen LogP contribution is -2.32. The van der Waals surface area contributed by atoms with Crippen molar-refractivity contribution in [1.29, 1.82) is 5.41 Å². The van der Waals surface area contributed by atoms with Crippen molar-refractivity contribution in [3.63, 3.8) is 0 Å². The molecule has 0 aliphatic rings. The number of hydrogen-bond donors (Lipinski definition) is 2. The van der Waals surface area contributed by atoms with Crippen molar-refractivity contribution >= 4 is 6.02 Å². The molecule has 2 rings (SSSR count). The highest BCUT2D eigenvalue weighted by molar-refractivity contribution is 5.67. The van der Waals surface area contributed by atoms with Gasteiger partial charge in [0.2, 0.25) is 0 Å². The van der Waals surface area contributed by atoms with E-state index in [4.69, 9.17) is 15.9 Å². The summed E-state index contributed by atoms with van der Waals surface area (Å²) in [6.45, 7) is 2.44. The molecule has 0 radical (unpaired) electrons. The monoisotopic (exact) mass is 254 g/mol. The van der Waals surface area contributed by atoms with E-state index in [1.54, 1.807) is 0 Å². The highest BCUT2D eigenvalue weighted by atomic mass is 16.5. The van der Waals surface area contributed by atoms with E-state index >= 15 is 0 Å². The molecule has 19 heavy (non-hydrogen) atoms. The third-order valence-electron chi connectivity index (χ3n) is 3.34. The molecule has 0 bridgehead atoms. The van der Waals surface area contributed by atoms with E-state index in [9.17, 15) is 0 Å². The Labute approximate surface area is 113 Å². The smallest absolute Gasteiger partial charge is 0.279 e. The number of nitrogens with two attached hydrogens (primary N) is 1. The molecular weight excluding hydrogens is 236 g/mol. The largest absolute Gasteiger partial charge is 0.464 e. The SMILES string of the molecule is CC(COC(=N)N)(c1ccccc1)c1ccccc1. The number of ether oxygens (including phenoxy) is 1. The van der Waals surface area contributed by atoms with Crippen LogP contribution in [0.25, 0.3) is 0 Å². The second kappa shape index (κ2) is 5.57. The van der Waals surface area contributed by atoms with Crippen LogP contribution in [-0.4, -0.2) is 12.6 Å². The zero-order valence-corrected chi connectivity index (χ0v) is 11.0. The predicted molar refractivity (Wildman–Crippen MR) is 77.2 cm³/mol. The van der Waals surface area contributed by atoms with Gasteiger partial charge in [0.1, 0.15) is 6.61 Å². The van der Waals surface area contributed by atoms with Gasteiger partial charge in [0.25, 0.3) is 6.02 Å². The summed E-state index contributed by atoms with van der Waals surface area (Å²) in [7, 11) is 0. The van der Waals surface area contributed by atoms with E-state index in [0.717, 1.165) is 11.1 Å². The molecule has 3 N–H and O–H groups in total. The first-order valence-corrected chi connectivity index (χ1v) is 6.21. The zero-order chi connectivity index (χ0) is 13.7. The van der Waals surface area contributed by atoms with Gasteiger partial charge in [0.15, 0.2) is 0 Å². The molecule has 0 aromatic heterocycles. The molecule has 0 amide bonds. The molecule has 98 valence electrons. The molecule has 0 spiro atoms. The van der Waals surface area contributed by atoms with Crippen molar-refractivity contribution < 1.29 is 4.74 Å². The van der Waals surface area contributed by atoms with Gasteiger partial charge in [-0.2, -0.15) is 0 Å². The summed E-state index contributed by atoms with van der Waals surface area (Å²) in [6, 6.07) is 20.0. The number of hydrogen-bond acceptors (Lipinski definition) is 2. The molecule has 3 heteroatoms. The van der Waals surface area contributed by atoms with Crippen LogP contribution < -0.4 is 5.73 Å². The van der Waals surface area contributed by atoms with Crippen LogP contribution in [0.2, 0.25) is 0 Å². The Kier molecular flexibility index (Phi) is 3.85. The molecule has 0 saturated heterocycles. The number of amidine groups is 1. The van der Waals surface area contributed by atoms with E-state index in [-0.39, 0.29) is 11.4 Å². The average Bonchev–Trinajstić information content (AvgIpc) is 2.46. The average molecular weight is 254 g/mol. The van der Waals surface area contributed by atoms with Crippen molar-refractivity contribution in [3.05, 3.63) is 71.8 Å². The molecular formula is C16H18N2O. The van der Waals surface area contributed by atoms with E-state index in [2.05, 4.69) is 31.2 Å². The Morgan fingerprint density at radius 2 is 1.42 bits per heavy atom. The second-order valence-corrected chi connectivity index (χ2v) is 4.72. The minimum Gasteiger partial charge on any atom is -0.464 e. The lowest BCUT2D eigenvalue weighted by atomic mass is 9.77. The second-order valence-electron chi connectivity index (χ2n) is 4.72. The van der Waals surface area contributed by atoms with Crippen LogP contribution in [0.1, 0.15) is 18.1 Å². The lowest BCUT2D eigenvalue weighted by molar-refractivity contribution is 0.236. The molecule has 0 aliphatic carbocycles. The topological polar surface area (TPSA) is 59.1 Å². The highest BCUT2D eigenvalue weighted by Gasteiger charge is 2.29. The van der Waals surface area contributed by atoms with Gasteiger partial charge in [-0.25, -0.2) is 0 Å². The molecule has 0 atom stereocenters. The fraction of sp³-hybridized carbons (Fsp3) is 0.188. The zero-order valence-electron chi connectivity index (χ0n) is 11.0. The number of nitrogens with one attached hydrogen (secondary N) is 1.